The van der Waals surface area contributed by atoms with Gasteiger partial charge >= 0.3 is 0 Å². The normalized spacial score (nSPS) is 20.9. The van der Waals surface area contributed by atoms with E-state index in [-0.39, 0.29) is 15.9 Å². The fourth-order valence-corrected chi connectivity index (χ4v) is 2.29. The smallest absolute Gasteiger partial charge is 0.193 e. The van der Waals surface area contributed by atoms with Gasteiger partial charge in [-0.05, 0) is 24.7 Å². The van der Waals surface area contributed by atoms with Gasteiger partial charge in [0, 0.05) is 0 Å². The van der Waals surface area contributed by atoms with Gasteiger partial charge in [-0.15, -0.1) is 0 Å². The molecule has 4 nitrogen and oxygen atoms in total. The van der Waals surface area contributed by atoms with E-state index < -0.39 is 9.84 Å². The third-order valence-corrected chi connectivity index (χ3v) is 3.11. The molecule has 0 radical (unpaired) electrons. The summed E-state index contributed by atoms with van der Waals surface area (Å²) >= 11 is 4.50. The van der Waals surface area contributed by atoms with Crippen LogP contribution in [0.4, 0.5) is 0 Å². The molecule has 0 aromatic rings. The first-order valence-corrected chi connectivity index (χ1v) is 5.08. The number of thiocarbonyl (C=S) groups is 1. The maximum atomic E-state index is 11.1. The van der Waals surface area contributed by atoms with Crippen molar-refractivity contribution in [1.82, 2.24) is 5.32 Å². The van der Waals surface area contributed by atoms with Crippen LogP contribution >= 0.6 is 12.2 Å². The highest BCUT2D eigenvalue weighted by Crippen LogP contribution is 2.14. The van der Waals surface area contributed by atoms with Crippen molar-refractivity contribution in [3.8, 4) is 0 Å². The first kappa shape index (κ1) is 8.48. The van der Waals surface area contributed by atoms with Gasteiger partial charge in [0.05, 0.1) is 5.75 Å². The molecule has 1 aliphatic rings. The van der Waals surface area contributed by atoms with Crippen molar-refractivity contribution in [1.29, 1.82) is 0 Å². The van der Waals surface area contributed by atoms with E-state index in [0.29, 0.717) is 6.42 Å². The molecule has 11 heavy (non-hydrogen) atoms. The number of hydrogen-bond donors (Lipinski definition) is 2. The molecule has 1 heterocycles. The number of allylic oxidation sites excluding steroid dienone is 1. The molecule has 1 aliphatic heterocycles. The van der Waals surface area contributed by atoms with Gasteiger partial charge in [0.1, 0.15) is 5.03 Å². The molecule has 0 amide bonds. The first-order chi connectivity index (χ1) is 5.02. The Bertz CT molecular complexity index is 304. The highest BCUT2D eigenvalue weighted by Gasteiger charge is 2.22. The van der Waals surface area contributed by atoms with Crippen LogP contribution in [-0.4, -0.2) is 19.3 Å². The van der Waals surface area contributed by atoms with Crippen molar-refractivity contribution >= 4 is 27.2 Å². The van der Waals surface area contributed by atoms with Crippen LogP contribution < -0.4 is 11.1 Å². The molecule has 62 valence electrons. The van der Waals surface area contributed by atoms with Crippen LogP contribution in [0, 0.1) is 0 Å². The van der Waals surface area contributed by atoms with Crippen molar-refractivity contribution in [3.05, 3.63) is 11.1 Å². The van der Waals surface area contributed by atoms with E-state index in [1.165, 1.54) is 0 Å². The van der Waals surface area contributed by atoms with Crippen molar-refractivity contribution in [2.75, 3.05) is 5.75 Å². The maximum Gasteiger partial charge on any atom is 0.193 e. The van der Waals surface area contributed by atoms with Gasteiger partial charge in [-0.3, -0.25) is 0 Å². The molecule has 0 aliphatic carbocycles. The van der Waals surface area contributed by atoms with Gasteiger partial charge in [-0.25, -0.2) is 8.42 Å². The zero-order valence-corrected chi connectivity index (χ0v) is 7.33. The van der Waals surface area contributed by atoms with E-state index in [1.54, 1.807) is 6.08 Å². The first-order valence-electron chi connectivity index (χ1n) is 3.02. The van der Waals surface area contributed by atoms with E-state index in [9.17, 15) is 8.42 Å². The second kappa shape index (κ2) is 2.78. The lowest BCUT2D eigenvalue weighted by Gasteiger charge is -2.02. The molecule has 0 aromatic carbocycles. The third kappa shape index (κ3) is 1.90. The van der Waals surface area contributed by atoms with Crippen molar-refractivity contribution in [2.45, 2.75) is 6.42 Å². The molecule has 0 aromatic heterocycles. The van der Waals surface area contributed by atoms with Crippen LogP contribution in [0.1, 0.15) is 6.42 Å². The van der Waals surface area contributed by atoms with Crippen LogP contribution in [0.25, 0.3) is 0 Å². The van der Waals surface area contributed by atoms with Gasteiger partial charge in [-0.2, -0.15) is 0 Å². The van der Waals surface area contributed by atoms with Gasteiger partial charge < -0.3 is 11.1 Å². The second-order valence-electron chi connectivity index (χ2n) is 2.17. The number of hydrogen-bond acceptors (Lipinski definition) is 3. The van der Waals surface area contributed by atoms with Crippen molar-refractivity contribution in [3.63, 3.8) is 0 Å². The lowest BCUT2D eigenvalue weighted by Crippen LogP contribution is -2.30. The van der Waals surface area contributed by atoms with Crippen LogP contribution in [0.2, 0.25) is 0 Å². The van der Waals surface area contributed by atoms with E-state index in [1.807, 2.05) is 0 Å². The van der Waals surface area contributed by atoms with E-state index >= 15 is 0 Å². The van der Waals surface area contributed by atoms with Gasteiger partial charge in [0.25, 0.3) is 0 Å². The lowest BCUT2D eigenvalue weighted by molar-refractivity contribution is 0.603. The van der Waals surface area contributed by atoms with Gasteiger partial charge in [-0.1, -0.05) is 0 Å². The molecule has 0 fully saturated rings. The Morgan fingerprint density at radius 3 is 2.73 bits per heavy atom. The Balaban J connectivity index is 2.81. The number of nitrogens with one attached hydrogen (secondary N) is 1. The molecular formula is C5H8N2O2S2. The largest absolute Gasteiger partial charge is 0.376 e. The highest BCUT2D eigenvalue weighted by molar-refractivity contribution is 7.95. The Morgan fingerprint density at radius 2 is 2.36 bits per heavy atom. The summed E-state index contributed by atoms with van der Waals surface area (Å²) in [7, 11) is -3.10. The second-order valence-corrected chi connectivity index (χ2v) is 4.68. The van der Waals surface area contributed by atoms with Crippen LogP contribution in [0.15, 0.2) is 11.1 Å². The van der Waals surface area contributed by atoms with Crippen molar-refractivity contribution < 1.29 is 8.42 Å². The number of rotatable bonds is 1. The molecule has 6 heteroatoms. The fourth-order valence-electron chi connectivity index (χ4n) is 0.832. The predicted octanol–water partition coefficient (Wildman–Crippen LogP) is -0.520. The minimum absolute atomic E-state index is 0.0123. The molecular weight excluding hydrogens is 184 g/mol. The van der Waals surface area contributed by atoms with E-state index in [0.717, 1.165) is 0 Å². The highest BCUT2D eigenvalue weighted by atomic mass is 32.2. The Morgan fingerprint density at radius 1 is 1.73 bits per heavy atom. The lowest BCUT2D eigenvalue weighted by atomic mass is 10.5. The molecule has 0 bridgehead atoms. The summed E-state index contributed by atoms with van der Waals surface area (Å²) in [4.78, 5) is 0. The van der Waals surface area contributed by atoms with E-state index in [4.69, 9.17) is 5.73 Å². The Labute approximate surface area is 70.4 Å². The average Bonchev–Trinajstić information content (AvgIpc) is 2.10. The minimum atomic E-state index is -3.10. The number of nitrogens with two attached hydrogens (primary N) is 1. The monoisotopic (exact) mass is 192 g/mol. The van der Waals surface area contributed by atoms with Crippen molar-refractivity contribution in [2.24, 2.45) is 5.73 Å². The zero-order valence-electron chi connectivity index (χ0n) is 5.70. The zero-order chi connectivity index (χ0) is 8.48. The van der Waals surface area contributed by atoms with Crippen LogP contribution in [-0.2, 0) is 9.84 Å². The quantitative estimate of drug-likeness (QED) is 0.547. The molecule has 0 unspecified atom stereocenters. The van der Waals surface area contributed by atoms with Gasteiger partial charge in [0.2, 0.25) is 0 Å². The summed E-state index contributed by atoms with van der Waals surface area (Å²) < 4.78 is 22.1. The number of sulfone groups is 1. The molecule has 0 spiro atoms. The Hall–Kier alpha value is -0.620. The molecule has 0 atom stereocenters. The SMILES string of the molecule is NC(=S)NC1=CCCS1(=O)=O. The molecule has 0 saturated heterocycles. The standard InChI is InChI=1S/C5H8N2O2S2/c6-5(10)7-4-2-1-3-11(4,8)9/h2H,1,3H2,(H3,6,7,10). The van der Waals surface area contributed by atoms with E-state index in [2.05, 4.69) is 17.5 Å². The van der Waals surface area contributed by atoms with Crippen LogP contribution in [0.5, 0.6) is 0 Å². The summed E-state index contributed by atoms with van der Waals surface area (Å²) in [5.74, 6) is 0.151. The topological polar surface area (TPSA) is 72.2 Å². The maximum absolute atomic E-state index is 11.1. The summed E-state index contributed by atoms with van der Waals surface area (Å²) in [6, 6.07) is 0. The molecule has 0 saturated carbocycles. The average molecular weight is 192 g/mol. The Kier molecular flexibility index (Phi) is 2.15. The fraction of sp³-hybridized carbons (Fsp3) is 0.400. The molecule has 3 N–H and O–H groups in total. The molecule has 1 rings (SSSR count). The minimum Gasteiger partial charge on any atom is -0.376 e. The summed E-state index contributed by atoms with van der Waals surface area (Å²) in [5.41, 5.74) is 5.11. The third-order valence-electron chi connectivity index (χ3n) is 1.30. The van der Waals surface area contributed by atoms with Crippen LogP contribution in [0.3, 0.4) is 0 Å². The summed E-state index contributed by atoms with van der Waals surface area (Å²) in [5, 5.41) is 2.55. The van der Waals surface area contributed by atoms with Gasteiger partial charge in [0.15, 0.2) is 14.9 Å². The summed E-state index contributed by atoms with van der Waals surface area (Å²) in [6.45, 7) is 0. The predicted molar refractivity (Wildman–Crippen MR) is 46.4 cm³/mol. The summed E-state index contributed by atoms with van der Waals surface area (Å²) in [6.07, 6.45) is 2.11.